The predicted octanol–water partition coefficient (Wildman–Crippen LogP) is 2.80. The van der Waals surface area contributed by atoms with Gasteiger partial charge in [0.05, 0.1) is 12.0 Å². The fourth-order valence-corrected chi connectivity index (χ4v) is 4.48. The summed E-state index contributed by atoms with van der Waals surface area (Å²) in [6.45, 7) is 0. The number of ether oxygens (including phenoxy) is 1. The first-order chi connectivity index (χ1) is 15.9. The highest BCUT2D eigenvalue weighted by molar-refractivity contribution is 7.91. The topological polar surface area (TPSA) is 153 Å². The van der Waals surface area contributed by atoms with Gasteiger partial charge in [-0.05, 0) is 35.4 Å². The molecule has 0 radical (unpaired) electrons. The van der Waals surface area contributed by atoms with Crippen LogP contribution in [0.1, 0.15) is 5.56 Å². The van der Waals surface area contributed by atoms with Gasteiger partial charge in [-0.2, -0.15) is 0 Å². The van der Waals surface area contributed by atoms with Crippen LogP contribution in [-0.2, 0) is 24.5 Å². The molecule has 0 aliphatic rings. The molecule has 3 rings (SSSR count). The van der Waals surface area contributed by atoms with E-state index in [1.54, 1.807) is 24.3 Å². The van der Waals surface area contributed by atoms with Crippen LogP contribution in [0.15, 0.2) is 64.7 Å². The fraction of sp³-hybridized carbons (Fsp3) is 0.136. The number of rotatable bonds is 8. The van der Waals surface area contributed by atoms with Crippen molar-refractivity contribution in [3.8, 4) is 16.9 Å². The van der Waals surface area contributed by atoms with Gasteiger partial charge in [-0.25, -0.2) is 31.6 Å². The van der Waals surface area contributed by atoms with Gasteiger partial charge >= 0.3 is 5.97 Å². The van der Waals surface area contributed by atoms with Crippen molar-refractivity contribution in [2.24, 2.45) is 0 Å². The molecule has 0 saturated carbocycles. The van der Waals surface area contributed by atoms with Crippen molar-refractivity contribution < 1.29 is 31.5 Å². The summed E-state index contributed by atoms with van der Waals surface area (Å²) in [4.78, 5) is 19.1. The smallest absolute Gasteiger partial charge is 0.328 e. The number of anilines is 2. The van der Waals surface area contributed by atoms with Crippen molar-refractivity contribution in [1.29, 1.82) is 0 Å². The normalized spacial score (nSPS) is 12.0. The van der Waals surface area contributed by atoms with Gasteiger partial charge in [-0.3, -0.25) is 0 Å². The Morgan fingerprint density at radius 1 is 1.06 bits per heavy atom. The van der Waals surface area contributed by atoms with Crippen LogP contribution in [0, 0.1) is 0 Å². The Hall–Kier alpha value is -3.77. The summed E-state index contributed by atoms with van der Waals surface area (Å²) >= 11 is 0. The lowest BCUT2D eigenvalue weighted by molar-refractivity contribution is -0.131. The van der Waals surface area contributed by atoms with E-state index in [0.29, 0.717) is 11.1 Å². The molecule has 2 N–H and O–H groups in total. The van der Waals surface area contributed by atoms with Crippen LogP contribution in [0.4, 0.5) is 11.6 Å². The Kier molecular flexibility index (Phi) is 7.03. The summed E-state index contributed by atoms with van der Waals surface area (Å²) in [7, 11) is -5.95. The SMILES string of the molecule is COc1cc(Nc2ncc(-c3cccc(C=CC(=O)O)c3)c(S(C)(=O)=O)n2)cc(S(C)(=O)=O)c1. The van der Waals surface area contributed by atoms with Crippen molar-refractivity contribution in [1.82, 2.24) is 9.97 Å². The van der Waals surface area contributed by atoms with E-state index >= 15 is 0 Å². The van der Waals surface area contributed by atoms with E-state index in [0.717, 1.165) is 18.6 Å². The summed E-state index contributed by atoms with van der Waals surface area (Å²) in [5.74, 6) is -0.909. The van der Waals surface area contributed by atoms with Gasteiger partial charge in [0.25, 0.3) is 0 Å². The molecule has 178 valence electrons. The number of carboxylic acids is 1. The molecule has 0 aliphatic heterocycles. The van der Waals surface area contributed by atoms with Crippen LogP contribution in [-0.4, -0.2) is 57.5 Å². The van der Waals surface area contributed by atoms with Gasteiger partial charge < -0.3 is 15.2 Å². The summed E-state index contributed by atoms with van der Waals surface area (Å²) in [6.07, 6.45) is 5.73. The Bertz CT molecular complexity index is 1500. The number of hydrogen-bond donors (Lipinski definition) is 2. The maximum atomic E-state index is 12.5. The van der Waals surface area contributed by atoms with E-state index in [4.69, 9.17) is 9.84 Å². The Labute approximate surface area is 196 Å². The molecule has 34 heavy (non-hydrogen) atoms. The molecule has 0 saturated heterocycles. The second-order valence-corrected chi connectivity index (χ2v) is 11.2. The largest absolute Gasteiger partial charge is 0.497 e. The lowest BCUT2D eigenvalue weighted by atomic mass is 10.1. The van der Waals surface area contributed by atoms with Crippen molar-refractivity contribution in [3.05, 3.63) is 60.3 Å². The van der Waals surface area contributed by atoms with Gasteiger partial charge in [0.15, 0.2) is 24.7 Å². The number of benzene rings is 2. The molecule has 0 bridgehead atoms. The standard InChI is InChI=1S/C22H21N3O7S2/c1-32-17-10-16(11-18(12-17)33(2,28)29)24-22-23-13-19(21(25-22)34(3,30)31)15-6-4-5-14(9-15)7-8-20(26)27/h4-13H,1-3H3,(H,26,27)(H,23,24,25). The minimum atomic E-state index is -3.80. The maximum absolute atomic E-state index is 12.5. The van der Waals surface area contributed by atoms with E-state index in [9.17, 15) is 21.6 Å². The Morgan fingerprint density at radius 2 is 1.79 bits per heavy atom. The third-order valence-electron chi connectivity index (χ3n) is 4.52. The zero-order valence-corrected chi connectivity index (χ0v) is 20.0. The van der Waals surface area contributed by atoms with Crippen molar-refractivity contribution in [3.63, 3.8) is 0 Å². The van der Waals surface area contributed by atoms with Crippen LogP contribution >= 0.6 is 0 Å². The van der Waals surface area contributed by atoms with Crippen LogP contribution in [0.2, 0.25) is 0 Å². The van der Waals surface area contributed by atoms with Gasteiger partial charge in [0.1, 0.15) is 5.75 Å². The molecule has 0 unspecified atom stereocenters. The van der Waals surface area contributed by atoms with Crippen molar-refractivity contribution >= 4 is 43.4 Å². The number of sulfone groups is 2. The van der Waals surface area contributed by atoms with Gasteiger partial charge in [0.2, 0.25) is 5.95 Å². The zero-order chi connectivity index (χ0) is 25.1. The molecular formula is C22H21N3O7S2. The van der Waals surface area contributed by atoms with Gasteiger partial charge in [-0.1, -0.05) is 18.2 Å². The molecule has 10 nitrogen and oxygen atoms in total. The first-order valence-corrected chi connectivity index (χ1v) is 13.4. The molecule has 2 aromatic carbocycles. The van der Waals surface area contributed by atoms with Crippen LogP contribution < -0.4 is 10.1 Å². The minimum Gasteiger partial charge on any atom is -0.497 e. The Morgan fingerprint density at radius 3 is 2.41 bits per heavy atom. The summed E-state index contributed by atoms with van der Waals surface area (Å²) in [5.41, 5.74) is 1.53. The minimum absolute atomic E-state index is 0.000497. The maximum Gasteiger partial charge on any atom is 0.328 e. The first kappa shape index (κ1) is 24.9. The number of aliphatic carboxylic acids is 1. The average Bonchev–Trinajstić information content (AvgIpc) is 2.76. The lowest BCUT2D eigenvalue weighted by Gasteiger charge is -2.12. The van der Waals surface area contributed by atoms with Crippen LogP contribution in [0.25, 0.3) is 17.2 Å². The van der Waals surface area contributed by atoms with E-state index in [2.05, 4.69) is 15.3 Å². The molecule has 0 amide bonds. The lowest BCUT2D eigenvalue weighted by Crippen LogP contribution is -2.08. The molecule has 1 heterocycles. The number of hydrogen-bond acceptors (Lipinski definition) is 9. The quantitative estimate of drug-likeness (QED) is 0.346. The molecule has 0 atom stereocenters. The van der Waals surface area contributed by atoms with Crippen LogP contribution in [0.5, 0.6) is 5.75 Å². The van der Waals surface area contributed by atoms with E-state index in [1.165, 1.54) is 37.6 Å². The number of methoxy groups -OCH3 is 1. The van der Waals surface area contributed by atoms with E-state index in [1.807, 2.05) is 0 Å². The van der Waals surface area contributed by atoms with Gasteiger partial charge in [-0.15, -0.1) is 0 Å². The summed E-state index contributed by atoms with van der Waals surface area (Å²) < 4.78 is 54.1. The average molecular weight is 504 g/mol. The predicted molar refractivity (Wildman–Crippen MR) is 127 cm³/mol. The molecular weight excluding hydrogens is 482 g/mol. The molecule has 1 aromatic heterocycles. The second kappa shape index (κ2) is 9.61. The first-order valence-electron chi connectivity index (χ1n) is 9.61. The monoisotopic (exact) mass is 503 g/mol. The molecule has 3 aromatic rings. The number of carboxylic acid groups (broad SMARTS) is 1. The zero-order valence-electron chi connectivity index (χ0n) is 18.4. The number of carbonyl (C=O) groups is 1. The molecule has 0 spiro atoms. The van der Waals surface area contributed by atoms with E-state index in [-0.39, 0.29) is 32.9 Å². The highest BCUT2D eigenvalue weighted by Crippen LogP contribution is 2.29. The highest BCUT2D eigenvalue weighted by Gasteiger charge is 2.19. The van der Waals surface area contributed by atoms with Crippen molar-refractivity contribution in [2.75, 3.05) is 24.9 Å². The third kappa shape index (κ3) is 6.17. The van der Waals surface area contributed by atoms with Gasteiger partial charge in [0, 0.05) is 42.1 Å². The summed E-state index contributed by atoms with van der Waals surface area (Å²) in [5, 5.41) is 11.4. The van der Waals surface area contributed by atoms with Crippen LogP contribution in [0.3, 0.4) is 0 Å². The fourth-order valence-electron chi connectivity index (χ4n) is 2.99. The number of aromatic nitrogens is 2. The van der Waals surface area contributed by atoms with E-state index < -0.39 is 25.6 Å². The Balaban J connectivity index is 2.07. The number of nitrogens with zero attached hydrogens (tertiary/aromatic N) is 2. The molecule has 12 heteroatoms. The molecule has 0 fully saturated rings. The third-order valence-corrected chi connectivity index (χ3v) is 6.63. The molecule has 0 aliphatic carbocycles. The highest BCUT2D eigenvalue weighted by atomic mass is 32.2. The second-order valence-electron chi connectivity index (χ2n) is 7.28. The van der Waals surface area contributed by atoms with Crippen molar-refractivity contribution in [2.45, 2.75) is 9.92 Å². The summed E-state index contributed by atoms with van der Waals surface area (Å²) in [6, 6.07) is 10.8. The number of nitrogens with one attached hydrogen (secondary N) is 1.